The molecule has 0 rings (SSSR count). The molecule has 0 saturated carbocycles. The third-order valence-corrected chi connectivity index (χ3v) is 5.59. The minimum atomic E-state index is -4.04. The first kappa shape index (κ1) is 26.8. The molecule has 0 aliphatic heterocycles. The van der Waals surface area contributed by atoms with Gasteiger partial charge in [-0.1, -0.05) is 6.92 Å². The Morgan fingerprint density at radius 2 is 1.57 bits per heavy atom. The molecule has 0 saturated heterocycles. The van der Waals surface area contributed by atoms with Crippen molar-refractivity contribution in [2.75, 3.05) is 52.7 Å². The molecule has 0 bridgehead atoms. The van der Waals surface area contributed by atoms with E-state index in [-0.39, 0.29) is 43.0 Å². The van der Waals surface area contributed by atoms with E-state index < -0.39 is 32.9 Å². The summed E-state index contributed by atoms with van der Waals surface area (Å²) in [6, 6.07) is 0. The fourth-order valence-corrected chi connectivity index (χ4v) is 3.50. The Morgan fingerprint density at radius 1 is 1.04 bits per heavy atom. The normalized spacial score (nSPS) is 15.0. The number of ether oxygens (including phenoxy) is 2. The van der Waals surface area contributed by atoms with Crippen LogP contribution in [0, 0.1) is 10.8 Å². The van der Waals surface area contributed by atoms with Crippen molar-refractivity contribution in [3.8, 4) is 0 Å². The second-order valence-electron chi connectivity index (χ2n) is 8.70. The van der Waals surface area contributed by atoms with E-state index in [1.54, 1.807) is 34.9 Å². The molecule has 10 heteroatoms. The molecular weight excluding hydrogens is 388 g/mol. The molecule has 3 N–H and O–H groups in total. The van der Waals surface area contributed by atoms with Crippen LogP contribution >= 0.6 is 0 Å². The minimum Gasteiger partial charge on any atom is -0.464 e. The lowest BCUT2D eigenvalue weighted by Crippen LogP contribution is -2.46. The Hall–Kier alpha value is -1.23. The van der Waals surface area contributed by atoms with E-state index in [0.29, 0.717) is 13.0 Å². The average molecular weight is 426 g/mol. The van der Waals surface area contributed by atoms with Crippen LogP contribution in [0.3, 0.4) is 0 Å². The van der Waals surface area contributed by atoms with Gasteiger partial charge >= 0.3 is 11.9 Å². The van der Waals surface area contributed by atoms with Gasteiger partial charge < -0.3 is 19.7 Å². The van der Waals surface area contributed by atoms with Crippen molar-refractivity contribution in [1.82, 2.24) is 0 Å². The van der Waals surface area contributed by atoms with Crippen molar-refractivity contribution in [1.29, 1.82) is 0 Å². The van der Waals surface area contributed by atoms with Gasteiger partial charge in [-0.3, -0.25) is 14.1 Å². The number of carbonyl (C=O) groups excluding carboxylic acids is 2. The maximum Gasteiger partial charge on any atom is 0.312 e. The van der Waals surface area contributed by atoms with E-state index >= 15 is 0 Å². The van der Waals surface area contributed by atoms with Gasteiger partial charge in [-0.05, 0) is 33.6 Å². The SMILES string of the molecule is CCC(C)(CC(C)(C)C(=O)OCCN)C(=O)OCC[N+](C)(C)CCS(=O)(=O)O. The van der Waals surface area contributed by atoms with Crippen LogP contribution in [-0.4, -0.2) is 82.1 Å². The van der Waals surface area contributed by atoms with Crippen molar-refractivity contribution in [3.05, 3.63) is 0 Å². The third-order valence-electron chi connectivity index (χ3n) is 4.89. The second-order valence-corrected chi connectivity index (χ2v) is 10.3. The van der Waals surface area contributed by atoms with Crippen molar-refractivity contribution >= 4 is 22.1 Å². The first-order valence-electron chi connectivity index (χ1n) is 9.40. The van der Waals surface area contributed by atoms with Gasteiger partial charge in [-0.2, -0.15) is 8.42 Å². The topological polar surface area (TPSA) is 133 Å². The van der Waals surface area contributed by atoms with Crippen molar-refractivity contribution in [3.63, 3.8) is 0 Å². The molecule has 9 nitrogen and oxygen atoms in total. The van der Waals surface area contributed by atoms with Gasteiger partial charge in [0.1, 0.15) is 25.5 Å². The zero-order chi connectivity index (χ0) is 22.2. The van der Waals surface area contributed by atoms with E-state index in [4.69, 9.17) is 19.8 Å². The third kappa shape index (κ3) is 9.81. The largest absolute Gasteiger partial charge is 0.464 e. The number of nitrogens with zero attached hydrogens (tertiary/aromatic N) is 1. The first-order valence-corrected chi connectivity index (χ1v) is 11.0. The van der Waals surface area contributed by atoms with Gasteiger partial charge in [0.05, 0.1) is 31.5 Å². The average Bonchev–Trinajstić information content (AvgIpc) is 2.56. The van der Waals surface area contributed by atoms with E-state index in [1.807, 2.05) is 6.92 Å². The first-order chi connectivity index (χ1) is 12.6. The Bertz CT molecular complexity index is 632. The lowest BCUT2D eigenvalue weighted by atomic mass is 9.72. The van der Waals surface area contributed by atoms with Crippen LogP contribution in [0.2, 0.25) is 0 Å². The molecule has 0 aromatic carbocycles. The lowest BCUT2D eigenvalue weighted by molar-refractivity contribution is -0.888. The summed E-state index contributed by atoms with van der Waals surface area (Å²) in [4.78, 5) is 24.9. The fraction of sp³-hybridized carbons (Fsp3) is 0.889. The van der Waals surface area contributed by atoms with Gasteiger partial charge in [-0.15, -0.1) is 0 Å². The van der Waals surface area contributed by atoms with Crippen molar-refractivity contribution in [2.24, 2.45) is 16.6 Å². The molecule has 0 aromatic rings. The molecule has 0 fully saturated rings. The zero-order valence-corrected chi connectivity index (χ0v) is 18.8. The van der Waals surface area contributed by atoms with Crippen LogP contribution < -0.4 is 5.73 Å². The molecule has 166 valence electrons. The zero-order valence-electron chi connectivity index (χ0n) is 18.0. The molecule has 0 spiro atoms. The number of carbonyl (C=O) groups is 2. The van der Waals surface area contributed by atoms with Crippen LogP contribution in [0.4, 0.5) is 0 Å². The number of esters is 2. The Labute approximate surface area is 168 Å². The maximum absolute atomic E-state index is 12.7. The predicted octanol–water partition coefficient (Wildman–Crippen LogP) is 0.828. The predicted molar refractivity (Wildman–Crippen MR) is 106 cm³/mol. The molecule has 0 radical (unpaired) electrons. The Morgan fingerprint density at radius 3 is 2.04 bits per heavy atom. The molecule has 0 aliphatic rings. The molecule has 1 atom stereocenters. The summed E-state index contributed by atoms with van der Waals surface area (Å²) >= 11 is 0. The van der Waals surface area contributed by atoms with Crippen LogP contribution in [-0.2, 0) is 29.2 Å². The van der Waals surface area contributed by atoms with E-state index in [9.17, 15) is 18.0 Å². The summed E-state index contributed by atoms with van der Waals surface area (Å²) in [6.07, 6.45) is 0.750. The summed E-state index contributed by atoms with van der Waals surface area (Å²) in [5, 5.41) is 0. The highest BCUT2D eigenvalue weighted by Gasteiger charge is 2.43. The van der Waals surface area contributed by atoms with Gasteiger partial charge in [-0.25, -0.2) is 0 Å². The van der Waals surface area contributed by atoms with E-state index in [2.05, 4.69) is 0 Å². The number of hydrogen-bond acceptors (Lipinski definition) is 7. The second kappa shape index (κ2) is 10.5. The number of hydrogen-bond donors (Lipinski definition) is 2. The van der Waals surface area contributed by atoms with E-state index in [0.717, 1.165) is 0 Å². The highest BCUT2D eigenvalue weighted by Crippen LogP contribution is 2.38. The van der Waals surface area contributed by atoms with Gasteiger partial charge in [0.2, 0.25) is 0 Å². The number of likely N-dealkylation sites (N-methyl/N-ethyl adjacent to an activating group) is 1. The summed E-state index contributed by atoms with van der Waals surface area (Å²) in [5.74, 6) is -1.18. The summed E-state index contributed by atoms with van der Waals surface area (Å²) in [6.45, 7) is 8.12. The lowest BCUT2D eigenvalue weighted by Gasteiger charge is -2.34. The van der Waals surface area contributed by atoms with Crippen molar-refractivity contribution in [2.45, 2.75) is 40.5 Å². The van der Waals surface area contributed by atoms with Crippen LogP contribution in [0.5, 0.6) is 0 Å². The molecular formula is C18H37N2O7S+. The molecule has 0 aromatic heterocycles. The molecule has 0 aliphatic carbocycles. The van der Waals surface area contributed by atoms with Gasteiger partial charge in [0.15, 0.2) is 0 Å². The smallest absolute Gasteiger partial charge is 0.312 e. The van der Waals surface area contributed by atoms with Crippen LogP contribution in [0.25, 0.3) is 0 Å². The number of rotatable bonds is 13. The maximum atomic E-state index is 12.7. The highest BCUT2D eigenvalue weighted by atomic mass is 32.2. The summed E-state index contributed by atoms with van der Waals surface area (Å²) in [7, 11) is -0.464. The standard InChI is InChI=1S/C18H36N2O7S/c1-7-18(4,14-17(2,3)15(21)26-11-8-19)16(22)27-12-9-20(5,6)10-13-28(23,24)25/h7-14,19H2,1-6H3/p+1. The van der Waals surface area contributed by atoms with Crippen molar-refractivity contribution < 1.29 is 36.5 Å². The Balaban J connectivity index is 4.83. The molecule has 28 heavy (non-hydrogen) atoms. The molecule has 0 amide bonds. The molecule has 1 unspecified atom stereocenters. The molecule has 0 heterocycles. The minimum absolute atomic E-state index is 0.102. The fourth-order valence-electron chi connectivity index (χ4n) is 2.77. The monoisotopic (exact) mass is 425 g/mol. The van der Waals surface area contributed by atoms with Crippen LogP contribution in [0.1, 0.15) is 40.5 Å². The van der Waals surface area contributed by atoms with Gasteiger partial charge in [0.25, 0.3) is 10.1 Å². The summed E-state index contributed by atoms with van der Waals surface area (Å²) in [5.41, 5.74) is 3.62. The number of quaternary nitrogens is 1. The van der Waals surface area contributed by atoms with Gasteiger partial charge in [0, 0.05) is 6.54 Å². The highest BCUT2D eigenvalue weighted by molar-refractivity contribution is 7.85. The van der Waals surface area contributed by atoms with Crippen LogP contribution in [0.15, 0.2) is 0 Å². The van der Waals surface area contributed by atoms with E-state index in [1.165, 1.54) is 0 Å². The Kier molecular flexibility index (Phi) is 10.1. The number of nitrogens with two attached hydrogens (primary N) is 1. The quantitative estimate of drug-likeness (QED) is 0.252. The summed E-state index contributed by atoms with van der Waals surface area (Å²) < 4.78 is 41.5.